The molecule has 0 unspecified atom stereocenters. The number of amides is 1. The maximum atomic E-state index is 12.5. The second-order valence-corrected chi connectivity index (χ2v) is 7.21. The lowest BCUT2D eigenvalue weighted by atomic mass is 9.97. The number of hydrogen-bond acceptors (Lipinski definition) is 5. The van der Waals surface area contributed by atoms with E-state index in [1.807, 2.05) is 24.3 Å². The summed E-state index contributed by atoms with van der Waals surface area (Å²) in [5, 5.41) is 3.25. The Morgan fingerprint density at radius 2 is 1.80 bits per heavy atom. The van der Waals surface area contributed by atoms with Crippen LogP contribution in [0.25, 0.3) is 10.9 Å². The molecule has 30 heavy (non-hydrogen) atoms. The van der Waals surface area contributed by atoms with Crippen LogP contribution in [-0.2, 0) is 20.9 Å². The largest absolute Gasteiger partial charge is 0.451 e. The molecule has 3 aromatic rings. The van der Waals surface area contributed by atoms with Gasteiger partial charge in [-0.1, -0.05) is 44.2 Å². The number of para-hydroxylation sites is 2. The van der Waals surface area contributed by atoms with Gasteiger partial charge in [0.15, 0.2) is 6.10 Å². The summed E-state index contributed by atoms with van der Waals surface area (Å²) in [6, 6.07) is 14.5. The molecule has 1 amide bonds. The summed E-state index contributed by atoms with van der Waals surface area (Å²) in [6.07, 6.45) is 1.23. The number of fused-ring (bicyclic) bond motifs is 1. The fourth-order valence-electron chi connectivity index (χ4n) is 3.14. The topological polar surface area (TPSA) is 90.3 Å². The van der Waals surface area contributed by atoms with Gasteiger partial charge in [0.25, 0.3) is 11.5 Å². The molecular formula is C23H25N3O4. The van der Waals surface area contributed by atoms with Gasteiger partial charge in [-0.05, 0) is 43.0 Å². The highest BCUT2D eigenvalue weighted by molar-refractivity contribution is 5.95. The third kappa shape index (κ3) is 4.74. The third-order valence-electron chi connectivity index (χ3n) is 5.07. The minimum Gasteiger partial charge on any atom is -0.451 e. The predicted octanol–water partition coefficient (Wildman–Crippen LogP) is 3.48. The molecule has 0 aliphatic rings. The lowest BCUT2D eigenvalue weighted by molar-refractivity contribution is -0.153. The Morgan fingerprint density at radius 3 is 2.57 bits per heavy atom. The van der Waals surface area contributed by atoms with E-state index in [0.717, 1.165) is 12.0 Å². The maximum absolute atomic E-state index is 12.5. The number of aromatic nitrogens is 2. The lowest BCUT2D eigenvalue weighted by Gasteiger charge is -2.18. The number of ether oxygens (including phenoxy) is 1. The fraction of sp³-hybridized carbons (Fsp3) is 0.304. The van der Waals surface area contributed by atoms with E-state index in [1.54, 1.807) is 24.3 Å². The zero-order valence-corrected chi connectivity index (χ0v) is 17.3. The van der Waals surface area contributed by atoms with Crippen molar-refractivity contribution in [3.05, 3.63) is 70.8 Å². The van der Waals surface area contributed by atoms with Crippen molar-refractivity contribution in [2.75, 3.05) is 5.32 Å². The van der Waals surface area contributed by atoms with E-state index < -0.39 is 18.0 Å². The first-order chi connectivity index (χ1) is 14.4. The summed E-state index contributed by atoms with van der Waals surface area (Å²) in [6.45, 7) is 5.35. The number of carbonyl (C=O) groups is 2. The van der Waals surface area contributed by atoms with Gasteiger partial charge in [-0.25, -0.2) is 4.98 Å². The van der Waals surface area contributed by atoms with Crippen molar-refractivity contribution in [3.63, 3.8) is 0 Å². The predicted molar refractivity (Wildman–Crippen MR) is 115 cm³/mol. The smallest absolute Gasteiger partial charge is 0.326 e. The molecule has 0 bridgehead atoms. The highest BCUT2D eigenvalue weighted by Gasteiger charge is 2.20. The van der Waals surface area contributed by atoms with E-state index >= 15 is 0 Å². The Labute approximate surface area is 174 Å². The van der Waals surface area contributed by atoms with E-state index in [0.29, 0.717) is 16.6 Å². The standard InChI is InChI=1S/C23H25N3O4/c1-4-15(2)17-9-5-8-12-20(17)25-22(28)16(3)30-21(27)13-26-14-24-19-11-7-6-10-18(19)23(26)29/h5-12,14-16H,4,13H2,1-3H3,(H,25,28)/t15-,16-/m0/s1. The van der Waals surface area contributed by atoms with Crippen molar-refractivity contribution in [1.29, 1.82) is 0 Å². The second kappa shape index (κ2) is 9.35. The van der Waals surface area contributed by atoms with Gasteiger partial charge in [-0.2, -0.15) is 0 Å². The molecular weight excluding hydrogens is 382 g/mol. The van der Waals surface area contributed by atoms with Gasteiger partial charge in [-0.15, -0.1) is 0 Å². The normalized spacial score (nSPS) is 12.9. The summed E-state index contributed by atoms with van der Waals surface area (Å²) >= 11 is 0. The molecule has 7 heteroatoms. The highest BCUT2D eigenvalue weighted by Crippen LogP contribution is 2.26. The van der Waals surface area contributed by atoms with Gasteiger partial charge in [0, 0.05) is 5.69 Å². The Hall–Kier alpha value is -3.48. The zero-order chi connectivity index (χ0) is 21.7. The minimum atomic E-state index is -1.01. The van der Waals surface area contributed by atoms with Crippen LogP contribution in [0.5, 0.6) is 0 Å². The molecule has 0 saturated heterocycles. The van der Waals surface area contributed by atoms with Crippen molar-refractivity contribution in [3.8, 4) is 0 Å². The average molecular weight is 407 g/mol. The van der Waals surface area contributed by atoms with E-state index in [4.69, 9.17) is 4.74 Å². The Morgan fingerprint density at radius 1 is 1.10 bits per heavy atom. The maximum Gasteiger partial charge on any atom is 0.326 e. The minimum absolute atomic E-state index is 0.284. The van der Waals surface area contributed by atoms with Crippen LogP contribution in [0.3, 0.4) is 0 Å². The van der Waals surface area contributed by atoms with Gasteiger partial charge in [-0.3, -0.25) is 19.0 Å². The number of rotatable bonds is 7. The number of nitrogens with one attached hydrogen (secondary N) is 1. The van der Waals surface area contributed by atoms with Crippen LogP contribution in [0.1, 0.15) is 38.7 Å². The monoisotopic (exact) mass is 407 g/mol. The van der Waals surface area contributed by atoms with Crippen molar-refractivity contribution in [2.24, 2.45) is 0 Å². The molecule has 0 radical (unpaired) electrons. The van der Waals surface area contributed by atoms with Crippen molar-refractivity contribution in [1.82, 2.24) is 9.55 Å². The average Bonchev–Trinajstić information content (AvgIpc) is 2.75. The van der Waals surface area contributed by atoms with Crippen LogP contribution in [0.2, 0.25) is 0 Å². The van der Waals surface area contributed by atoms with Crippen LogP contribution in [0.4, 0.5) is 5.69 Å². The van der Waals surface area contributed by atoms with Crippen molar-refractivity contribution >= 4 is 28.5 Å². The quantitative estimate of drug-likeness (QED) is 0.606. The molecule has 1 heterocycles. The number of nitrogens with zero attached hydrogens (tertiary/aromatic N) is 2. The van der Waals surface area contributed by atoms with Gasteiger partial charge in [0.1, 0.15) is 6.54 Å². The SMILES string of the molecule is CC[C@H](C)c1ccccc1NC(=O)[C@H](C)OC(=O)Cn1cnc2ccccc2c1=O. The van der Waals surface area contributed by atoms with E-state index in [1.165, 1.54) is 17.8 Å². The number of esters is 1. The van der Waals surface area contributed by atoms with E-state index in [9.17, 15) is 14.4 Å². The van der Waals surface area contributed by atoms with E-state index in [2.05, 4.69) is 24.1 Å². The molecule has 0 aliphatic heterocycles. The molecule has 156 valence electrons. The molecule has 3 rings (SSSR count). The third-order valence-corrected chi connectivity index (χ3v) is 5.07. The van der Waals surface area contributed by atoms with Crippen LogP contribution in [-0.4, -0.2) is 27.5 Å². The summed E-state index contributed by atoms with van der Waals surface area (Å²) in [5.41, 5.74) is 1.95. The van der Waals surface area contributed by atoms with Crippen molar-refractivity contribution in [2.45, 2.75) is 45.8 Å². The first kappa shape index (κ1) is 21.2. The van der Waals surface area contributed by atoms with Gasteiger partial charge in [0.05, 0.1) is 17.2 Å². The Balaban J connectivity index is 1.66. The van der Waals surface area contributed by atoms with Crippen LogP contribution in [0.15, 0.2) is 59.7 Å². The Kier molecular flexibility index (Phi) is 6.61. The van der Waals surface area contributed by atoms with Gasteiger partial charge in [0.2, 0.25) is 0 Å². The van der Waals surface area contributed by atoms with E-state index in [-0.39, 0.29) is 18.0 Å². The molecule has 0 aliphatic carbocycles. The zero-order valence-electron chi connectivity index (χ0n) is 17.3. The number of anilines is 1. The molecule has 0 spiro atoms. The van der Waals surface area contributed by atoms with Crippen LogP contribution < -0.4 is 10.9 Å². The summed E-state index contributed by atoms with van der Waals surface area (Å²) in [5.74, 6) is -0.832. The Bertz CT molecular complexity index is 1120. The van der Waals surface area contributed by atoms with Crippen molar-refractivity contribution < 1.29 is 14.3 Å². The summed E-state index contributed by atoms with van der Waals surface area (Å²) < 4.78 is 6.42. The van der Waals surface area contributed by atoms with Gasteiger partial charge < -0.3 is 10.1 Å². The number of benzene rings is 2. The second-order valence-electron chi connectivity index (χ2n) is 7.21. The van der Waals surface area contributed by atoms with Crippen LogP contribution in [0, 0.1) is 0 Å². The molecule has 7 nitrogen and oxygen atoms in total. The van der Waals surface area contributed by atoms with Crippen LogP contribution >= 0.6 is 0 Å². The lowest BCUT2D eigenvalue weighted by Crippen LogP contribution is -2.33. The molecule has 2 aromatic carbocycles. The number of hydrogen-bond donors (Lipinski definition) is 1. The summed E-state index contributed by atoms with van der Waals surface area (Å²) in [7, 11) is 0. The first-order valence-electron chi connectivity index (χ1n) is 9.94. The highest BCUT2D eigenvalue weighted by atomic mass is 16.5. The summed E-state index contributed by atoms with van der Waals surface area (Å²) in [4.78, 5) is 41.5. The molecule has 2 atom stereocenters. The molecule has 1 N–H and O–H groups in total. The van der Waals surface area contributed by atoms with Gasteiger partial charge >= 0.3 is 5.97 Å². The molecule has 0 fully saturated rings. The first-order valence-corrected chi connectivity index (χ1v) is 9.94. The fourth-order valence-corrected chi connectivity index (χ4v) is 3.14. The molecule has 1 aromatic heterocycles. The molecule has 0 saturated carbocycles. The number of carbonyl (C=O) groups excluding carboxylic acids is 2.